The fourth-order valence-corrected chi connectivity index (χ4v) is 3.26. The van der Waals surface area contributed by atoms with Crippen LogP contribution in [0.5, 0.6) is 0 Å². The lowest BCUT2D eigenvalue weighted by Gasteiger charge is -2.01. The van der Waals surface area contributed by atoms with Gasteiger partial charge in [-0.3, -0.25) is 4.79 Å². The maximum Gasteiger partial charge on any atom is 0.337 e. The van der Waals surface area contributed by atoms with Gasteiger partial charge in [0.1, 0.15) is 15.8 Å². The summed E-state index contributed by atoms with van der Waals surface area (Å²) in [5.74, 6) is -0.346. The number of carbonyl (C=O) groups is 2. The number of thioether (sulfide) groups is 1. The van der Waals surface area contributed by atoms with Crippen LogP contribution in [-0.2, 0) is 4.79 Å². The summed E-state index contributed by atoms with van der Waals surface area (Å²) in [5, 5.41) is 11.6. The number of carbonyl (C=O) groups excluding carboxylic acids is 1. The summed E-state index contributed by atoms with van der Waals surface area (Å²) in [5.41, 5.74) is 0.667. The van der Waals surface area contributed by atoms with Gasteiger partial charge < -0.3 is 14.8 Å². The first-order valence-electron chi connectivity index (χ1n) is 6.32. The molecule has 1 aromatic heterocycles. The highest BCUT2D eigenvalue weighted by atomic mass is 35.5. The third-order valence-corrected chi connectivity index (χ3v) is 4.50. The Labute approximate surface area is 145 Å². The van der Waals surface area contributed by atoms with Crippen molar-refractivity contribution in [2.24, 2.45) is 0 Å². The molecule has 0 aliphatic carbocycles. The Morgan fingerprint density at radius 1 is 1.35 bits per heavy atom. The van der Waals surface area contributed by atoms with Crippen molar-refractivity contribution in [1.82, 2.24) is 5.32 Å². The third-order valence-electron chi connectivity index (χ3n) is 3.03. The van der Waals surface area contributed by atoms with Crippen LogP contribution in [-0.4, -0.2) is 21.3 Å². The Hall–Kier alpha value is -2.09. The lowest BCUT2D eigenvalue weighted by Crippen LogP contribution is -2.17. The van der Waals surface area contributed by atoms with Gasteiger partial charge >= 0.3 is 5.97 Å². The molecule has 0 saturated carbocycles. The van der Waals surface area contributed by atoms with E-state index in [1.54, 1.807) is 24.3 Å². The van der Waals surface area contributed by atoms with Gasteiger partial charge in [-0.05, 0) is 24.3 Å². The standard InChI is InChI=1S/C15H8ClNO4S2/c16-10-5-7(1-3-9(10)14(19)20)11-4-2-8(21-11)6-12-13(18)17-15(22)23-12/h1-6H,(H,19,20)(H,17,18,22)/b12-6-. The topological polar surface area (TPSA) is 79.5 Å². The van der Waals surface area contributed by atoms with Crippen LogP contribution in [0.25, 0.3) is 17.4 Å². The average molecular weight is 366 g/mol. The minimum Gasteiger partial charge on any atom is -0.478 e. The number of carboxylic acid groups (broad SMARTS) is 1. The van der Waals surface area contributed by atoms with Crippen molar-refractivity contribution in [1.29, 1.82) is 0 Å². The summed E-state index contributed by atoms with van der Waals surface area (Å²) in [6.45, 7) is 0. The van der Waals surface area contributed by atoms with E-state index in [1.165, 1.54) is 23.9 Å². The lowest BCUT2D eigenvalue weighted by molar-refractivity contribution is -0.115. The average Bonchev–Trinajstić information content (AvgIpc) is 3.06. The zero-order chi connectivity index (χ0) is 16.6. The minimum absolute atomic E-state index is 0.0249. The molecule has 0 radical (unpaired) electrons. The van der Waals surface area contributed by atoms with Crippen LogP contribution < -0.4 is 5.32 Å². The number of benzene rings is 1. The van der Waals surface area contributed by atoms with Gasteiger partial charge in [0, 0.05) is 11.6 Å². The number of amides is 1. The SMILES string of the molecule is O=C1NC(=S)S/C1=C\c1ccc(-c2ccc(C(=O)O)c(Cl)c2)o1. The second-order valence-electron chi connectivity index (χ2n) is 4.55. The summed E-state index contributed by atoms with van der Waals surface area (Å²) < 4.78 is 6.06. The normalized spacial score (nSPS) is 16.0. The molecule has 0 unspecified atom stereocenters. The summed E-state index contributed by atoms with van der Waals surface area (Å²) in [6, 6.07) is 7.97. The highest BCUT2D eigenvalue weighted by Crippen LogP contribution is 2.30. The van der Waals surface area contributed by atoms with Crippen LogP contribution >= 0.6 is 35.6 Å². The molecular weight excluding hydrogens is 358 g/mol. The van der Waals surface area contributed by atoms with Gasteiger partial charge in [-0.25, -0.2) is 4.79 Å². The first kappa shape index (κ1) is 15.8. The smallest absolute Gasteiger partial charge is 0.337 e. The van der Waals surface area contributed by atoms with E-state index in [1.807, 2.05) is 0 Å². The number of nitrogens with one attached hydrogen (secondary N) is 1. The van der Waals surface area contributed by atoms with Gasteiger partial charge in [-0.2, -0.15) is 0 Å². The molecule has 0 spiro atoms. The largest absolute Gasteiger partial charge is 0.478 e. The Kier molecular flexibility index (Phi) is 4.25. The molecule has 0 atom stereocenters. The van der Waals surface area contributed by atoms with Crippen LogP contribution in [0.3, 0.4) is 0 Å². The molecule has 1 saturated heterocycles. The number of carboxylic acids is 1. The molecule has 1 aromatic carbocycles. The molecule has 1 aliphatic rings. The monoisotopic (exact) mass is 365 g/mol. The minimum atomic E-state index is -1.09. The van der Waals surface area contributed by atoms with E-state index in [4.69, 9.17) is 33.3 Å². The summed E-state index contributed by atoms with van der Waals surface area (Å²) in [4.78, 5) is 23.0. The van der Waals surface area contributed by atoms with E-state index in [0.717, 1.165) is 0 Å². The summed E-state index contributed by atoms with van der Waals surface area (Å²) in [7, 11) is 0. The van der Waals surface area contributed by atoms with Gasteiger partial charge in [0.25, 0.3) is 5.91 Å². The van der Waals surface area contributed by atoms with Crippen molar-refractivity contribution >= 4 is 57.9 Å². The molecule has 2 aromatic rings. The predicted octanol–water partition coefficient (Wildman–Crippen LogP) is 3.79. The third kappa shape index (κ3) is 3.31. The molecule has 23 heavy (non-hydrogen) atoms. The molecule has 8 heteroatoms. The Bertz CT molecular complexity index is 872. The van der Waals surface area contributed by atoms with Crippen LogP contribution in [0.2, 0.25) is 5.02 Å². The van der Waals surface area contributed by atoms with Gasteiger partial charge in [0.15, 0.2) is 0 Å². The van der Waals surface area contributed by atoms with E-state index >= 15 is 0 Å². The molecule has 1 aliphatic heterocycles. The van der Waals surface area contributed by atoms with Crippen molar-refractivity contribution in [2.45, 2.75) is 0 Å². The zero-order valence-corrected chi connectivity index (χ0v) is 13.7. The molecule has 2 heterocycles. The maximum absolute atomic E-state index is 11.6. The van der Waals surface area contributed by atoms with Gasteiger partial charge in [0.2, 0.25) is 0 Å². The van der Waals surface area contributed by atoms with Crippen LogP contribution in [0.15, 0.2) is 39.7 Å². The first-order chi connectivity index (χ1) is 10.9. The Balaban J connectivity index is 1.89. The molecule has 116 valence electrons. The quantitative estimate of drug-likeness (QED) is 0.636. The molecule has 5 nitrogen and oxygen atoms in total. The van der Waals surface area contributed by atoms with Crippen molar-refractivity contribution in [3.8, 4) is 11.3 Å². The number of aromatic carboxylic acids is 1. The Morgan fingerprint density at radius 2 is 2.13 bits per heavy atom. The van der Waals surface area contributed by atoms with Crippen molar-refractivity contribution in [2.75, 3.05) is 0 Å². The Morgan fingerprint density at radius 3 is 2.74 bits per heavy atom. The van der Waals surface area contributed by atoms with Crippen molar-refractivity contribution < 1.29 is 19.1 Å². The molecule has 1 amide bonds. The number of halogens is 1. The van der Waals surface area contributed by atoms with E-state index in [2.05, 4.69) is 5.32 Å². The van der Waals surface area contributed by atoms with E-state index in [9.17, 15) is 9.59 Å². The molecule has 0 bridgehead atoms. The van der Waals surface area contributed by atoms with Crippen molar-refractivity contribution in [3.63, 3.8) is 0 Å². The van der Waals surface area contributed by atoms with Crippen LogP contribution in [0, 0.1) is 0 Å². The zero-order valence-electron chi connectivity index (χ0n) is 11.3. The summed E-state index contributed by atoms with van der Waals surface area (Å²) in [6.07, 6.45) is 1.59. The molecule has 1 fully saturated rings. The highest BCUT2D eigenvalue weighted by Gasteiger charge is 2.22. The molecule has 3 rings (SSSR count). The lowest BCUT2D eigenvalue weighted by atomic mass is 10.1. The fourth-order valence-electron chi connectivity index (χ4n) is 1.98. The second-order valence-corrected chi connectivity index (χ2v) is 6.68. The molecular formula is C15H8ClNO4S2. The number of rotatable bonds is 3. The van der Waals surface area contributed by atoms with Gasteiger partial charge in [0.05, 0.1) is 15.5 Å². The second kappa shape index (κ2) is 6.19. The molecule has 2 N–H and O–H groups in total. The fraction of sp³-hybridized carbons (Fsp3) is 0. The van der Waals surface area contributed by atoms with E-state index in [0.29, 0.717) is 26.3 Å². The highest BCUT2D eigenvalue weighted by molar-refractivity contribution is 8.26. The predicted molar refractivity (Wildman–Crippen MR) is 92.4 cm³/mol. The van der Waals surface area contributed by atoms with Crippen LogP contribution in [0.1, 0.15) is 16.1 Å². The van der Waals surface area contributed by atoms with Crippen molar-refractivity contribution in [3.05, 3.63) is 51.6 Å². The van der Waals surface area contributed by atoms with Gasteiger partial charge in [-0.15, -0.1) is 0 Å². The van der Waals surface area contributed by atoms with E-state index in [-0.39, 0.29) is 16.5 Å². The number of thiocarbonyl (C=S) groups is 1. The summed E-state index contributed by atoms with van der Waals surface area (Å²) >= 11 is 12.0. The first-order valence-corrected chi connectivity index (χ1v) is 7.92. The number of furan rings is 1. The maximum atomic E-state index is 11.6. The number of hydrogen-bond acceptors (Lipinski definition) is 5. The van der Waals surface area contributed by atoms with Gasteiger partial charge in [-0.1, -0.05) is 41.6 Å². The van der Waals surface area contributed by atoms with E-state index < -0.39 is 5.97 Å². The van der Waals surface area contributed by atoms with Crippen LogP contribution in [0.4, 0.5) is 0 Å². The number of hydrogen-bond donors (Lipinski definition) is 2.